The van der Waals surface area contributed by atoms with Crippen LogP contribution in [0.1, 0.15) is 46.3 Å². The van der Waals surface area contributed by atoms with Crippen LogP contribution in [-0.4, -0.2) is 80.5 Å². The molecule has 1 aromatic rings. The number of hydrogen-bond acceptors (Lipinski definition) is 10. The minimum Gasteiger partial charge on any atom is -0.449 e. The molecule has 0 radical (unpaired) electrons. The van der Waals surface area contributed by atoms with Gasteiger partial charge in [-0.05, 0) is 20.3 Å². The first-order chi connectivity index (χ1) is 15.6. The second-order valence-corrected chi connectivity index (χ2v) is 8.11. The molecule has 2 aliphatic rings. The fourth-order valence-electron chi connectivity index (χ4n) is 3.68. The molecule has 1 aromatic heterocycles. The number of halogens is 1. The number of anilines is 1. The molecule has 33 heavy (non-hydrogen) atoms. The van der Waals surface area contributed by atoms with Gasteiger partial charge in [-0.3, -0.25) is 9.88 Å². The molecule has 0 saturated carbocycles. The normalized spacial score (nSPS) is 33.9. The van der Waals surface area contributed by atoms with Crippen LogP contribution in [0.5, 0.6) is 0 Å². The van der Waals surface area contributed by atoms with Crippen LogP contribution in [0.3, 0.4) is 0 Å². The lowest BCUT2D eigenvalue weighted by Gasteiger charge is -2.24. The van der Waals surface area contributed by atoms with Gasteiger partial charge in [-0.25, -0.2) is 14.0 Å². The van der Waals surface area contributed by atoms with Crippen molar-refractivity contribution in [3.8, 4) is 0 Å². The molecule has 8 atom stereocenters. The standard InChI is InChI=1S/C20H30FN3O9/c1-4-5-6-7-30-20(29)23-16-11(21)8-24(19(28)22-16)17-14(27)15(10(3)31-17)33-18-13(26)12(25)9(2)32-18/h8-10,12-15,17-18,25-27H,4-7H2,1-3H3,(H,22,23,28,29)/t9-,10-,12+,13+,14+,15+,17-,18+/m1/s1. The Hall–Kier alpha value is -2.16. The maximum absolute atomic E-state index is 14.5. The number of aromatic nitrogens is 2. The Morgan fingerprint density at radius 3 is 2.55 bits per heavy atom. The van der Waals surface area contributed by atoms with Crippen LogP contribution in [0, 0.1) is 5.82 Å². The second-order valence-electron chi connectivity index (χ2n) is 8.11. The molecule has 0 unspecified atom stereocenters. The fourth-order valence-corrected chi connectivity index (χ4v) is 3.68. The Labute approximate surface area is 189 Å². The van der Waals surface area contributed by atoms with Crippen molar-refractivity contribution in [2.45, 2.75) is 89.2 Å². The van der Waals surface area contributed by atoms with E-state index in [0.29, 0.717) is 6.42 Å². The molecule has 0 aromatic carbocycles. The average Bonchev–Trinajstić information content (AvgIpc) is 3.18. The lowest BCUT2D eigenvalue weighted by molar-refractivity contribution is -0.207. The third-order valence-electron chi connectivity index (χ3n) is 5.58. The summed E-state index contributed by atoms with van der Waals surface area (Å²) in [6, 6.07) is 0. The molecular weight excluding hydrogens is 445 g/mol. The maximum atomic E-state index is 14.5. The Kier molecular flexibility index (Phi) is 8.37. The molecule has 0 aliphatic carbocycles. The molecule has 3 heterocycles. The summed E-state index contributed by atoms with van der Waals surface area (Å²) < 4.78 is 36.7. The molecule has 2 saturated heterocycles. The highest BCUT2D eigenvalue weighted by atomic mass is 19.1. The van der Waals surface area contributed by atoms with Crippen molar-refractivity contribution in [2.24, 2.45) is 0 Å². The van der Waals surface area contributed by atoms with E-state index in [2.05, 4.69) is 10.3 Å². The first-order valence-corrected chi connectivity index (χ1v) is 10.9. The molecule has 12 nitrogen and oxygen atoms in total. The van der Waals surface area contributed by atoms with Crippen molar-refractivity contribution in [2.75, 3.05) is 11.9 Å². The molecule has 3 rings (SSSR count). The minimum atomic E-state index is -1.45. The minimum absolute atomic E-state index is 0.148. The smallest absolute Gasteiger partial charge is 0.412 e. The highest BCUT2D eigenvalue weighted by Gasteiger charge is 2.49. The Balaban J connectivity index is 1.67. The maximum Gasteiger partial charge on any atom is 0.412 e. The van der Waals surface area contributed by atoms with Gasteiger partial charge in [-0.2, -0.15) is 4.98 Å². The summed E-state index contributed by atoms with van der Waals surface area (Å²) in [6.07, 6.45) is -6.79. The number of aliphatic hydroxyl groups excluding tert-OH is 3. The summed E-state index contributed by atoms with van der Waals surface area (Å²) in [4.78, 5) is 27.8. The molecule has 2 aliphatic heterocycles. The summed E-state index contributed by atoms with van der Waals surface area (Å²) in [7, 11) is 0. The molecule has 4 N–H and O–H groups in total. The van der Waals surface area contributed by atoms with E-state index < -0.39 is 72.6 Å². The van der Waals surface area contributed by atoms with Crippen molar-refractivity contribution in [3.05, 3.63) is 22.5 Å². The Bertz CT molecular complexity index is 885. The van der Waals surface area contributed by atoms with Crippen LogP contribution >= 0.6 is 0 Å². The van der Waals surface area contributed by atoms with Crippen LogP contribution in [0.15, 0.2) is 11.0 Å². The Morgan fingerprint density at radius 2 is 1.91 bits per heavy atom. The van der Waals surface area contributed by atoms with Gasteiger partial charge in [0.05, 0.1) is 25.0 Å². The number of aliphatic hydroxyl groups is 3. The lowest BCUT2D eigenvalue weighted by Crippen LogP contribution is -2.42. The zero-order valence-corrected chi connectivity index (χ0v) is 18.6. The van der Waals surface area contributed by atoms with E-state index in [1.54, 1.807) is 13.8 Å². The molecule has 0 spiro atoms. The van der Waals surface area contributed by atoms with Crippen LogP contribution in [0.4, 0.5) is 15.0 Å². The van der Waals surface area contributed by atoms with Crippen molar-refractivity contribution >= 4 is 11.9 Å². The van der Waals surface area contributed by atoms with Crippen LogP contribution < -0.4 is 11.0 Å². The van der Waals surface area contributed by atoms with Gasteiger partial charge in [0.2, 0.25) is 0 Å². The van der Waals surface area contributed by atoms with Gasteiger partial charge in [-0.1, -0.05) is 19.8 Å². The monoisotopic (exact) mass is 475 g/mol. The quantitative estimate of drug-likeness (QED) is 0.384. The Morgan fingerprint density at radius 1 is 1.18 bits per heavy atom. The van der Waals surface area contributed by atoms with Crippen molar-refractivity contribution in [3.63, 3.8) is 0 Å². The number of unbranched alkanes of at least 4 members (excludes halogenated alkanes) is 2. The summed E-state index contributed by atoms with van der Waals surface area (Å²) in [6.45, 7) is 5.24. The van der Waals surface area contributed by atoms with Gasteiger partial charge < -0.3 is 34.3 Å². The van der Waals surface area contributed by atoms with Gasteiger partial charge >= 0.3 is 11.8 Å². The molecule has 186 valence electrons. The molecule has 1 amide bonds. The molecule has 0 bridgehead atoms. The number of rotatable bonds is 8. The van der Waals surface area contributed by atoms with E-state index in [-0.39, 0.29) is 6.61 Å². The van der Waals surface area contributed by atoms with Crippen molar-refractivity contribution in [1.29, 1.82) is 0 Å². The number of carbonyl (C=O) groups is 1. The van der Waals surface area contributed by atoms with E-state index in [1.165, 1.54) is 0 Å². The van der Waals surface area contributed by atoms with Crippen LogP contribution in [0.2, 0.25) is 0 Å². The first kappa shape index (κ1) is 25.5. The van der Waals surface area contributed by atoms with E-state index in [0.717, 1.165) is 23.6 Å². The van der Waals surface area contributed by atoms with Crippen molar-refractivity contribution in [1.82, 2.24) is 9.55 Å². The largest absolute Gasteiger partial charge is 0.449 e. The number of nitrogens with zero attached hydrogens (tertiary/aromatic N) is 2. The van der Waals surface area contributed by atoms with Gasteiger partial charge in [0.15, 0.2) is 24.2 Å². The van der Waals surface area contributed by atoms with Crippen LogP contribution in [-0.2, 0) is 18.9 Å². The number of ether oxygens (including phenoxy) is 4. The van der Waals surface area contributed by atoms with Gasteiger partial charge in [0.25, 0.3) is 0 Å². The SMILES string of the molecule is CCCCCOC(=O)Nc1nc(=O)n([C@@H]2O[C@H](C)[C@H](O[C@@H]3O[C@H](C)[C@H](O)[C@@H]3O)[C@@H]2O)cc1F. The highest BCUT2D eigenvalue weighted by Crippen LogP contribution is 2.33. The summed E-state index contributed by atoms with van der Waals surface area (Å²) in [5.41, 5.74) is -0.990. The lowest BCUT2D eigenvalue weighted by atomic mass is 10.1. The third-order valence-corrected chi connectivity index (χ3v) is 5.58. The number of nitrogens with one attached hydrogen (secondary N) is 1. The predicted octanol–water partition coefficient (Wildman–Crippen LogP) is 0.251. The van der Waals surface area contributed by atoms with E-state index in [1.807, 2.05) is 6.92 Å². The number of carbonyl (C=O) groups excluding carboxylic acids is 1. The van der Waals surface area contributed by atoms with Crippen LogP contribution in [0.25, 0.3) is 0 Å². The summed E-state index contributed by atoms with van der Waals surface area (Å²) in [5.74, 6) is -1.66. The zero-order valence-electron chi connectivity index (χ0n) is 18.6. The number of hydrogen-bond donors (Lipinski definition) is 4. The van der Waals surface area contributed by atoms with Gasteiger partial charge in [0.1, 0.15) is 24.4 Å². The van der Waals surface area contributed by atoms with E-state index in [9.17, 15) is 29.3 Å². The number of amides is 1. The van der Waals surface area contributed by atoms with E-state index in [4.69, 9.17) is 18.9 Å². The van der Waals surface area contributed by atoms with Gasteiger partial charge in [0, 0.05) is 0 Å². The fraction of sp³-hybridized carbons (Fsp3) is 0.750. The second kappa shape index (κ2) is 10.8. The average molecular weight is 475 g/mol. The van der Waals surface area contributed by atoms with E-state index >= 15 is 0 Å². The topological polar surface area (TPSA) is 162 Å². The molecule has 13 heteroatoms. The summed E-state index contributed by atoms with van der Waals surface area (Å²) >= 11 is 0. The summed E-state index contributed by atoms with van der Waals surface area (Å²) in [5, 5.41) is 32.6. The molecule has 2 fully saturated rings. The molecular formula is C20H30FN3O9. The predicted molar refractivity (Wildman–Crippen MR) is 110 cm³/mol. The third kappa shape index (κ3) is 5.67. The zero-order chi connectivity index (χ0) is 24.3. The van der Waals surface area contributed by atoms with Crippen molar-refractivity contribution < 1.29 is 43.5 Å². The first-order valence-electron chi connectivity index (χ1n) is 10.9. The highest BCUT2D eigenvalue weighted by molar-refractivity contribution is 5.83. The van der Waals surface area contributed by atoms with Gasteiger partial charge in [-0.15, -0.1) is 0 Å².